The summed E-state index contributed by atoms with van der Waals surface area (Å²) in [6.07, 6.45) is 0. The smallest absolute Gasteiger partial charge is 0.207 e. The van der Waals surface area contributed by atoms with Crippen LogP contribution < -0.4 is 0 Å². The average Bonchev–Trinajstić information content (AvgIpc) is 2.13. The lowest BCUT2D eigenvalue weighted by molar-refractivity contribution is 0.449. The molecule has 0 spiro atoms. The van der Waals surface area contributed by atoms with Crippen molar-refractivity contribution in [3.05, 3.63) is 29.6 Å². The van der Waals surface area contributed by atoms with Crippen LogP contribution in [0.15, 0.2) is 17.0 Å². The van der Waals surface area contributed by atoms with Gasteiger partial charge in [-0.2, -0.15) is 4.31 Å². The number of hydrogen-bond donors (Lipinski definition) is 0. The monoisotopic (exact) mass is 345 g/mol. The predicted octanol–water partition coefficient (Wildman–Crippen LogP) is 2.51. The molecule has 0 aliphatic carbocycles. The van der Waals surface area contributed by atoms with Gasteiger partial charge in [0.15, 0.2) is 4.90 Å². The van der Waals surface area contributed by atoms with E-state index in [9.17, 15) is 21.6 Å². The molecule has 0 N–H and O–H groups in total. The Morgan fingerprint density at radius 2 is 1.72 bits per heavy atom. The van der Waals surface area contributed by atoms with Crippen molar-refractivity contribution in [2.45, 2.75) is 16.6 Å². The minimum atomic E-state index is -4.33. The Balaban J connectivity index is 3.29. The van der Waals surface area contributed by atoms with E-state index in [1.54, 1.807) is 6.92 Å². The maximum atomic E-state index is 13.4. The summed E-state index contributed by atoms with van der Waals surface area (Å²) in [7, 11) is -3.14. The van der Waals surface area contributed by atoms with Crippen LogP contribution in [0.3, 0.4) is 0 Å². The maximum Gasteiger partial charge on any atom is 0.248 e. The van der Waals surface area contributed by atoms with E-state index in [0.29, 0.717) is 12.1 Å². The zero-order valence-corrected chi connectivity index (χ0v) is 12.0. The highest BCUT2D eigenvalue weighted by Crippen LogP contribution is 2.23. The molecule has 0 aromatic heterocycles. The molecule has 1 atom stereocenters. The third kappa shape index (κ3) is 3.24. The number of nitrogens with zero attached hydrogens (tertiary/aromatic N) is 1. The summed E-state index contributed by atoms with van der Waals surface area (Å²) < 4.78 is 64.2. The first kappa shape index (κ1) is 15.5. The minimum absolute atomic E-state index is 0.0264. The lowest BCUT2D eigenvalue weighted by Gasteiger charge is -2.19. The lowest BCUT2D eigenvalue weighted by atomic mass is 10.3. The largest absolute Gasteiger partial charge is 0.248 e. The maximum absolute atomic E-state index is 13.4. The van der Waals surface area contributed by atoms with Crippen LogP contribution in [0.5, 0.6) is 0 Å². The molecule has 18 heavy (non-hydrogen) atoms. The average molecular weight is 346 g/mol. The molecule has 102 valence electrons. The molecule has 1 aromatic rings. The second-order valence-corrected chi connectivity index (χ2v) is 7.31. The first-order valence-corrected chi connectivity index (χ1v) is 7.26. The molecule has 0 amide bonds. The Kier molecular flexibility index (Phi) is 4.79. The van der Waals surface area contributed by atoms with Crippen molar-refractivity contribution in [2.75, 3.05) is 13.6 Å². The van der Waals surface area contributed by atoms with E-state index < -0.39 is 32.4 Å². The zero-order valence-electron chi connectivity index (χ0n) is 9.62. The molecule has 0 radical (unpaired) electrons. The Labute approximate surface area is 112 Å². The van der Waals surface area contributed by atoms with Gasteiger partial charge in [-0.1, -0.05) is 22.9 Å². The normalized spacial score (nSPS) is 13.9. The second-order valence-electron chi connectivity index (χ2n) is 3.76. The van der Waals surface area contributed by atoms with E-state index in [2.05, 4.69) is 15.9 Å². The highest BCUT2D eigenvalue weighted by Gasteiger charge is 2.29. The number of hydrogen-bond acceptors (Lipinski definition) is 2. The third-order valence-corrected chi connectivity index (χ3v) is 4.31. The number of rotatable bonds is 4. The van der Waals surface area contributed by atoms with Gasteiger partial charge in [-0.3, -0.25) is 0 Å². The van der Waals surface area contributed by atoms with Crippen LogP contribution in [-0.4, -0.2) is 31.1 Å². The summed E-state index contributed by atoms with van der Waals surface area (Å²) >= 11 is 3.14. The van der Waals surface area contributed by atoms with Crippen LogP contribution in [0.1, 0.15) is 6.92 Å². The number of halogens is 4. The number of alkyl halides is 1. The molecule has 0 aliphatic heterocycles. The van der Waals surface area contributed by atoms with Gasteiger partial charge in [0.2, 0.25) is 10.0 Å². The van der Waals surface area contributed by atoms with Crippen molar-refractivity contribution in [3.63, 3.8) is 0 Å². The summed E-state index contributed by atoms with van der Waals surface area (Å²) in [5.74, 6) is -4.05. The van der Waals surface area contributed by atoms with Gasteiger partial charge in [-0.25, -0.2) is 21.6 Å². The summed E-state index contributed by atoms with van der Waals surface area (Å²) in [5, 5.41) is 0. The van der Waals surface area contributed by atoms with E-state index in [-0.39, 0.29) is 11.4 Å². The van der Waals surface area contributed by atoms with E-state index in [0.717, 1.165) is 4.31 Å². The van der Waals surface area contributed by atoms with Gasteiger partial charge in [0.1, 0.15) is 17.5 Å². The zero-order chi connectivity index (χ0) is 14.1. The van der Waals surface area contributed by atoms with Gasteiger partial charge in [-0.15, -0.1) is 0 Å². The van der Waals surface area contributed by atoms with Crippen molar-refractivity contribution < 1.29 is 21.6 Å². The standard InChI is InChI=1S/C10H11BrF3NO2S/c1-6(11)5-15(2)18(16,17)10-8(13)3-7(12)4-9(10)14/h3-4,6H,5H2,1-2H3. The second kappa shape index (κ2) is 5.58. The van der Waals surface area contributed by atoms with Gasteiger partial charge >= 0.3 is 0 Å². The molecule has 1 rings (SSSR count). The Hall–Kier alpha value is -0.600. The van der Waals surface area contributed by atoms with Gasteiger partial charge in [0.25, 0.3) is 0 Å². The van der Waals surface area contributed by atoms with Crippen LogP contribution in [-0.2, 0) is 10.0 Å². The first-order valence-electron chi connectivity index (χ1n) is 4.91. The summed E-state index contributed by atoms with van der Waals surface area (Å²) in [5.41, 5.74) is 0. The molecule has 3 nitrogen and oxygen atoms in total. The quantitative estimate of drug-likeness (QED) is 0.786. The molecule has 1 aromatic carbocycles. The Morgan fingerprint density at radius 3 is 2.11 bits per heavy atom. The number of benzene rings is 1. The fourth-order valence-corrected chi connectivity index (χ4v) is 3.35. The summed E-state index contributed by atoms with van der Waals surface area (Å²) in [6.45, 7) is 1.71. The molecule has 0 aliphatic rings. The molecule has 0 heterocycles. The Morgan fingerprint density at radius 1 is 1.28 bits per heavy atom. The molecule has 0 saturated carbocycles. The van der Waals surface area contributed by atoms with Crippen molar-refractivity contribution >= 4 is 26.0 Å². The van der Waals surface area contributed by atoms with Gasteiger partial charge in [-0.05, 0) is 0 Å². The SMILES string of the molecule is CC(Br)CN(C)S(=O)(=O)c1c(F)cc(F)cc1F. The van der Waals surface area contributed by atoms with E-state index in [1.165, 1.54) is 7.05 Å². The molecule has 0 saturated heterocycles. The highest BCUT2D eigenvalue weighted by molar-refractivity contribution is 9.09. The molecule has 8 heteroatoms. The van der Waals surface area contributed by atoms with E-state index in [1.807, 2.05) is 0 Å². The molecule has 1 unspecified atom stereocenters. The van der Waals surface area contributed by atoms with Gasteiger partial charge in [0, 0.05) is 30.6 Å². The van der Waals surface area contributed by atoms with E-state index in [4.69, 9.17) is 0 Å². The molecular formula is C10H11BrF3NO2S. The first-order chi connectivity index (χ1) is 8.16. The fourth-order valence-electron chi connectivity index (χ4n) is 1.38. The lowest BCUT2D eigenvalue weighted by Crippen LogP contribution is -2.32. The summed E-state index contributed by atoms with van der Waals surface area (Å²) in [4.78, 5) is -1.33. The van der Waals surface area contributed by atoms with Crippen molar-refractivity contribution in [3.8, 4) is 0 Å². The van der Waals surface area contributed by atoms with E-state index >= 15 is 0 Å². The third-order valence-electron chi connectivity index (χ3n) is 2.14. The van der Waals surface area contributed by atoms with Crippen molar-refractivity contribution in [1.29, 1.82) is 0 Å². The van der Waals surface area contributed by atoms with Crippen LogP contribution in [0.4, 0.5) is 13.2 Å². The van der Waals surface area contributed by atoms with Gasteiger partial charge in [0.05, 0.1) is 0 Å². The van der Waals surface area contributed by atoms with Crippen molar-refractivity contribution in [1.82, 2.24) is 4.31 Å². The minimum Gasteiger partial charge on any atom is -0.207 e. The van der Waals surface area contributed by atoms with Crippen molar-refractivity contribution in [2.24, 2.45) is 0 Å². The molecular weight excluding hydrogens is 335 g/mol. The fraction of sp³-hybridized carbons (Fsp3) is 0.400. The predicted molar refractivity (Wildman–Crippen MR) is 64.5 cm³/mol. The topological polar surface area (TPSA) is 37.4 Å². The molecule has 0 fully saturated rings. The van der Waals surface area contributed by atoms with Crippen LogP contribution in [0.2, 0.25) is 0 Å². The van der Waals surface area contributed by atoms with Crippen LogP contribution in [0.25, 0.3) is 0 Å². The van der Waals surface area contributed by atoms with Crippen LogP contribution >= 0.6 is 15.9 Å². The van der Waals surface area contributed by atoms with Gasteiger partial charge < -0.3 is 0 Å². The number of sulfonamides is 1. The summed E-state index contributed by atoms with van der Waals surface area (Å²) in [6, 6.07) is 0.669. The van der Waals surface area contributed by atoms with Crippen LogP contribution in [0, 0.1) is 17.5 Å². The molecule has 0 bridgehead atoms. The Bertz CT molecular complexity index is 525. The highest BCUT2D eigenvalue weighted by atomic mass is 79.9.